The van der Waals surface area contributed by atoms with Gasteiger partial charge in [0.15, 0.2) is 17.1 Å². The topological polar surface area (TPSA) is 39.9 Å². The Morgan fingerprint density at radius 1 is 0.900 bits per heavy atom. The molecule has 0 bridgehead atoms. The van der Waals surface area contributed by atoms with Crippen molar-refractivity contribution in [2.75, 3.05) is 0 Å². The number of ether oxygens (including phenoxy) is 1. The fourth-order valence-electron chi connectivity index (χ4n) is 3.55. The molecule has 4 rings (SSSR count). The number of hydrogen-bond acceptors (Lipinski definition) is 4. The summed E-state index contributed by atoms with van der Waals surface area (Å²) in [5, 5.41) is 12.3. The standard InChI is InChI=1S/C25H27N3OS/c1-17(2)19-12-14-22(15-13-19)29-18(3)24-26-27-25(28(24)4)30-16-21-10-7-9-20-8-5-6-11-23(20)21/h5-15,17-18H,16H2,1-4H3. The summed E-state index contributed by atoms with van der Waals surface area (Å²) in [6.07, 6.45) is -0.181. The molecule has 1 heterocycles. The summed E-state index contributed by atoms with van der Waals surface area (Å²) in [5.41, 5.74) is 2.61. The molecule has 0 fully saturated rings. The van der Waals surface area contributed by atoms with Crippen LogP contribution in [-0.2, 0) is 12.8 Å². The zero-order valence-electron chi connectivity index (χ0n) is 17.9. The molecule has 0 saturated heterocycles. The third-order valence-corrected chi connectivity index (χ3v) is 6.40. The molecule has 0 radical (unpaired) electrons. The molecule has 0 amide bonds. The van der Waals surface area contributed by atoms with Crippen LogP contribution in [0.2, 0.25) is 0 Å². The summed E-state index contributed by atoms with van der Waals surface area (Å²) in [4.78, 5) is 0. The van der Waals surface area contributed by atoms with Crippen LogP contribution in [-0.4, -0.2) is 14.8 Å². The van der Waals surface area contributed by atoms with Gasteiger partial charge in [-0.05, 0) is 46.9 Å². The van der Waals surface area contributed by atoms with Gasteiger partial charge in [0, 0.05) is 12.8 Å². The van der Waals surface area contributed by atoms with Gasteiger partial charge < -0.3 is 9.30 Å². The van der Waals surface area contributed by atoms with E-state index in [1.807, 2.05) is 30.7 Å². The van der Waals surface area contributed by atoms with E-state index in [1.54, 1.807) is 11.8 Å². The fraction of sp³-hybridized carbons (Fsp3) is 0.280. The number of aromatic nitrogens is 3. The van der Waals surface area contributed by atoms with E-state index in [0.29, 0.717) is 5.92 Å². The maximum atomic E-state index is 6.12. The first-order valence-electron chi connectivity index (χ1n) is 10.3. The lowest BCUT2D eigenvalue weighted by Crippen LogP contribution is -2.10. The highest BCUT2D eigenvalue weighted by Gasteiger charge is 2.17. The third-order valence-electron chi connectivity index (χ3n) is 5.33. The van der Waals surface area contributed by atoms with Gasteiger partial charge in [-0.1, -0.05) is 80.2 Å². The Balaban J connectivity index is 1.45. The van der Waals surface area contributed by atoms with Gasteiger partial charge in [-0.25, -0.2) is 0 Å². The average molecular weight is 418 g/mol. The van der Waals surface area contributed by atoms with Gasteiger partial charge in [-0.15, -0.1) is 10.2 Å². The Labute approximate surface area is 182 Å². The molecule has 1 unspecified atom stereocenters. The smallest absolute Gasteiger partial charge is 0.191 e. The van der Waals surface area contributed by atoms with E-state index in [1.165, 1.54) is 21.9 Å². The lowest BCUT2D eigenvalue weighted by Gasteiger charge is -2.15. The number of fused-ring (bicyclic) bond motifs is 1. The second-order valence-corrected chi connectivity index (χ2v) is 8.75. The van der Waals surface area contributed by atoms with E-state index in [-0.39, 0.29) is 6.10 Å². The fourth-order valence-corrected chi connectivity index (χ4v) is 4.48. The number of nitrogens with zero attached hydrogens (tertiary/aromatic N) is 3. The van der Waals surface area contributed by atoms with Gasteiger partial charge >= 0.3 is 0 Å². The highest BCUT2D eigenvalue weighted by molar-refractivity contribution is 7.98. The molecule has 0 spiro atoms. The van der Waals surface area contributed by atoms with Crippen molar-refractivity contribution in [2.24, 2.45) is 7.05 Å². The normalized spacial score (nSPS) is 12.4. The molecule has 3 aromatic carbocycles. The first-order valence-corrected chi connectivity index (χ1v) is 11.3. The van der Waals surface area contributed by atoms with Gasteiger partial charge in [0.2, 0.25) is 0 Å². The maximum absolute atomic E-state index is 6.12. The molecular weight excluding hydrogens is 390 g/mol. The molecule has 0 aliphatic rings. The summed E-state index contributed by atoms with van der Waals surface area (Å²) in [5.74, 6) is 3.03. The minimum Gasteiger partial charge on any atom is -0.483 e. The largest absolute Gasteiger partial charge is 0.483 e. The minimum absolute atomic E-state index is 0.181. The van der Waals surface area contributed by atoms with Crippen molar-refractivity contribution < 1.29 is 4.74 Å². The second-order valence-electron chi connectivity index (χ2n) is 7.81. The zero-order chi connectivity index (χ0) is 21.1. The Morgan fingerprint density at radius 2 is 1.63 bits per heavy atom. The van der Waals surface area contributed by atoms with Crippen LogP contribution in [0.5, 0.6) is 5.75 Å². The van der Waals surface area contributed by atoms with Crippen molar-refractivity contribution in [2.45, 2.75) is 43.7 Å². The molecule has 4 aromatic rings. The van der Waals surface area contributed by atoms with Crippen molar-refractivity contribution in [1.82, 2.24) is 14.8 Å². The molecular formula is C25H27N3OS. The Bertz CT molecular complexity index is 1130. The first kappa shape index (κ1) is 20.5. The molecule has 5 heteroatoms. The number of rotatable bonds is 7. The number of hydrogen-bond donors (Lipinski definition) is 0. The third kappa shape index (κ3) is 4.36. The molecule has 0 aliphatic carbocycles. The number of thioether (sulfide) groups is 1. The molecule has 0 N–H and O–H groups in total. The van der Waals surface area contributed by atoms with E-state index in [4.69, 9.17) is 4.74 Å². The lowest BCUT2D eigenvalue weighted by molar-refractivity contribution is 0.211. The van der Waals surface area contributed by atoms with Crippen molar-refractivity contribution in [3.8, 4) is 5.75 Å². The first-order chi connectivity index (χ1) is 14.5. The van der Waals surface area contributed by atoms with Crippen molar-refractivity contribution in [1.29, 1.82) is 0 Å². The average Bonchev–Trinajstić information content (AvgIpc) is 3.13. The zero-order valence-corrected chi connectivity index (χ0v) is 18.7. The summed E-state index contributed by atoms with van der Waals surface area (Å²) >= 11 is 1.70. The van der Waals surface area contributed by atoms with Crippen LogP contribution < -0.4 is 4.74 Å². The molecule has 1 atom stereocenters. The van der Waals surface area contributed by atoms with E-state index >= 15 is 0 Å². The summed E-state index contributed by atoms with van der Waals surface area (Å²) in [6.45, 7) is 6.39. The predicted molar refractivity (Wildman–Crippen MR) is 124 cm³/mol. The van der Waals surface area contributed by atoms with Crippen molar-refractivity contribution in [3.05, 3.63) is 83.7 Å². The summed E-state index contributed by atoms with van der Waals surface area (Å²) in [6, 6.07) is 23.2. The van der Waals surface area contributed by atoms with Crippen LogP contribution >= 0.6 is 11.8 Å². The van der Waals surface area contributed by atoms with E-state index < -0.39 is 0 Å². The van der Waals surface area contributed by atoms with Gasteiger partial charge in [0.25, 0.3) is 0 Å². The highest BCUT2D eigenvalue weighted by Crippen LogP contribution is 2.28. The van der Waals surface area contributed by atoms with Crippen molar-refractivity contribution in [3.63, 3.8) is 0 Å². The van der Waals surface area contributed by atoms with Crippen LogP contribution in [0.4, 0.5) is 0 Å². The molecule has 0 saturated carbocycles. The quantitative estimate of drug-likeness (QED) is 0.321. The van der Waals surface area contributed by atoms with Crippen LogP contribution in [0, 0.1) is 0 Å². The van der Waals surface area contributed by atoms with Crippen molar-refractivity contribution >= 4 is 22.5 Å². The highest BCUT2D eigenvalue weighted by atomic mass is 32.2. The van der Waals surface area contributed by atoms with Gasteiger partial charge in [0.1, 0.15) is 5.75 Å². The van der Waals surface area contributed by atoms with Gasteiger partial charge in [-0.2, -0.15) is 0 Å². The second kappa shape index (κ2) is 8.92. The molecule has 1 aromatic heterocycles. The molecule has 4 nitrogen and oxygen atoms in total. The lowest BCUT2D eigenvalue weighted by atomic mass is 10.0. The minimum atomic E-state index is -0.181. The van der Waals surface area contributed by atoms with Crippen LogP contribution in [0.3, 0.4) is 0 Å². The van der Waals surface area contributed by atoms with E-state index in [0.717, 1.165) is 22.5 Å². The Hall–Kier alpha value is -2.79. The predicted octanol–water partition coefficient (Wildman–Crippen LogP) is 6.52. The molecule has 0 aliphatic heterocycles. The molecule has 154 valence electrons. The molecule has 30 heavy (non-hydrogen) atoms. The van der Waals surface area contributed by atoms with Gasteiger partial charge in [0.05, 0.1) is 0 Å². The summed E-state index contributed by atoms with van der Waals surface area (Å²) in [7, 11) is 2.00. The van der Waals surface area contributed by atoms with Crippen LogP contribution in [0.15, 0.2) is 71.9 Å². The van der Waals surface area contributed by atoms with Crippen LogP contribution in [0.1, 0.15) is 49.7 Å². The van der Waals surface area contributed by atoms with Crippen LogP contribution in [0.25, 0.3) is 10.8 Å². The van der Waals surface area contributed by atoms with Gasteiger partial charge in [-0.3, -0.25) is 0 Å². The van der Waals surface area contributed by atoms with E-state index in [9.17, 15) is 0 Å². The SMILES string of the molecule is CC(C)c1ccc(OC(C)c2nnc(SCc3cccc4ccccc34)n2C)cc1. The maximum Gasteiger partial charge on any atom is 0.191 e. The Kier molecular flexibility index (Phi) is 6.09. The monoisotopic (exact) mass is 417 g/mol. The number of benzene rings is 3. The van der Waals surface area contributed by atoms with E-state index in [2.05, 4.69) is 78.6 Å². The Morgan fingerprint density at radius 3 is 2.40 bits per heavy atom. The summed E-state index contributed by atoms with van der Waals surface area (Å²) < 4.78 is 8.15.